The number of ether oxygens (including phenoxy) is 2. The molecule has 0 fully saturated rings. The van der Waals surface area contributed by atoms with Crippen molar-refractivity contribution in [3.63, 3.8) is 0 Å². The van der Waals surface area contributed by atoms with Gasteiger partial charge in [0.1, 0.15) is 0 Å². The SMILES string of the molecule is CCOc1cc(N(Cc2cccnc2)c2ccc(C(=O)NS(=O)(=O)c3ccc(F)c(F)c3)cc2)ccc1OC. The van der Waals surface area contributed by atoms with Gasteiger partial charge in [-0.25, -0.2) is 21.9 Å². The molecule has 0 aliphatic carbocycles. The van der Waals surface area contributed by atoms with E-state index in [9.17, 15) is 22.0 Å². The summed E-state index contributed by atoms with van der Waals surface area (Å²) < 4.78 is 64.8. The molecule has 0 bridgehead atoms. The second kappa shape index (κ2) is 11.9. The van der Waals surface area contributed by atoms with Crippen molar-refractivity contribution in [2.45, 2.75) is 18.4 Å². The number of amides is 1. The summed E-state index contributed by atoms with van der Waals surface area (Å²) in [6, 6.07) is 17.6. The monoisotopic (exact) mass is 553 g/mol. The lowest BCUT2D eigenvalue weighted by Crippen LogP contribution is -2.30. The second-order valence-electron chi connectivity index (χ2n) is 8.27. The number of sulfonamides is 1. The number of nitrogens with one attached hydrogen (secondary N) is 1. The Morgan fingerprint density at radius 2 is 1.69 bits per heavy atom. The zero-order valence-corrected chi connectivity index (χ0v) is 21.9. The molecular weight excluding hydrogens is 528 g/mol. The van der Waals surface area contributed by atoms with Crippen molar-refractivity contribution in [2.24, 2.45) is 0 Å². The number of aromatic nitrogens is 1. The predicted molar refractivity (Wildman–Crippen MR) is 142 cm³/mol. The molecule has 0 atom stereocenters. The Morgan fingerprint density at radius 3 is 2.33 bits per heavy atom. The second-order valence-corrected chi connectivity index (χ2v) is 9.96. The van der Waals surface area contributed by atoms with Gasteiger partial charge >= 0.3 is 0 Å². The van der Waals surface area contributed by atoms with Crippen molar-refractivity contribution < 1.29 is 31.5 Å². The average molecular weight is 554 g/mol. The van der Waals surface area contributed by atoms with Crippen LogP contribution in [0.5, 0.6) is 11.5 Å². The molecule has 0 aliphatic rings. The maximum Gasteiger partial charge on any atom is 0.264 e. The number of nitrogens with zero attached hydrogens (tertiary/aromatic N) is 2. The number of carbonyl (C=O) groups excluding carboxylic acids is 1. The summed E-state index contributed by atoms with van der Waals surface area (Å²) in [4.78, 5) is 18.3. The fraction of sp³-hybridized carbons (Fsp3) is 0.143. The Morgan fingerprint density at radius 1 is 0.949 bits per heavy atom. The molecule has 1 heterocycles. The standard InChI is InChI=1S/C28H25F2N3O5S/c1-3-38-27-15-22(10-13-26(27)37-2)33(18-19-5-4-14-31-17-19)21-8-6-20(7-9-21)28(34)32-39(35,36)23-11-12-24(29)25(30)16-23/h4-17H,3,18H2,1-2H3,(H,32,34). The number of hydrogen-bond donors (Lipinski definition) is 1. The summed E-state index contributed by atoms with van der Waals surface area (Å²) in [5, 5.41) is 0. The number of halogens is 2. The van der Waals surface area contributed by atoms with Gasteiger partial charge in [0.05, 0.1) is 18.6 Å². The quantitative estimate of drug-likeness (QED) is 0.287. The van der Waals surface area contributed by atoms with Gasteiger partial charge in [-0.2, -0.15) is 0 Å². The Kier molecular flexibility index (Phi) is 8.40. The number of carbonyl (C=O) groups is 1. The fourth-order valence-corrected chi connectivity index (χ4v) is 4.77. The molecule has 0 saturated heterocycles. The van der Waals surface area contributed by atoms with E-state index >= 15 is 0 Å². The molecule has 3 aromatic carbocycles. The lowest BCUT2D eigenvalue weighted by molar-refractivity contribution is 0.0981. The van der Waals surface area contributed by atoms with Crippen LogP contribution in [-0.2, 0) is 16.6 Å². The highest BCUT2D eigenvalue weighted by Crippen LogP contribution is 2.36. The van der Waals surface area contributed by atoms with Crippen molar-refractivity contribution >= 4 is 27.3 Å². The highest BCUT2D eigenvalue weighted by Gasteiger charge is 2.21. The molecule has 0 aliphatic heterocycles. The Balaban J connectivity index is 1.62. The summed E-state index contributed by atoms with van der Waals surface area (Å²) in [7, 11) is -2.87. The lowest BCUT2D eigenvalue weighted by atomic mass is 10.1. The summed E-state index contributed by atoms with van der Waals surface area (Å²) in [5.41, 5.74) is 2.45. The zero-order valence-electron chi connectivity index (χ0n) is 21.1. The van der Waals surface area contributed by atoms with Crippen LogP contribution in [0.1, 0.15) is 22.8 Å². The third kappa shape index (κ3) is 6.50. The van der Waals surface area contributed by atoms with Gasteiger partial charge in [-0.3, -0.25) is 9.78 Å². The molecule has 11 heteroatoms. The summed E-state index contributed by atoms with van der Waals surface area (Å²) in [5.74, 6) is -2.32. The first-order valence-corrected chi connectivity index (χ1v) is 13.3. The number of benzene rings is 3. The number of pyridine rings is 1. The summed E-state index contributed by atoms with van der Waals surface area (Å²) >= 11 is 0. The fourth-order valence-electron chi connectivity index (χ4n) is 3.78. The van der Waals surface area contributed by atoms with Crippen LogP contribution in [0.2, 0.25) is 0 Å². The van der Waals surface area contributed by atoms with Gasteiger partial charge in [0.2, 0.25) is 0 Å². The van der Waals surface area contributed by atoms with Crippen molar-refractivity contribution in [1.29, 1.82) is 0 Å². The van der Waals surface area contributed by atoms with E-state index in [1.807, 2.05) is 40.8 Å². The van der Waals surface area contributed by atoms with E-state index in [0.717, 1.165) is 17.3 Å². The van der Waals surface area contributed by atoms with Crippen LogP contribution in [0.3, 0.4) is 0 Å². The number of methoxy groups -OCH3 is 1. The van der Waals surface area contributed by atoms with E-state index in [2.05, 4.69) is 4.98 Å². The number of hydrogen-bond acceptors (Lipinski definition) is 7. The minimum atomic E-state index is -4.42. The minimum Gasteiger partial charge on any atom is -0.493 e. The van der Waals surface area contributed by atoms with Crippen LogP contribution in [0.25, 0.3) is 0 Å². The van der Waals surface area contributed by atoms with Gasteiger partial charge in [-0.15, -0.1) is 0 Å². The van der Waals surface area contributed by atoms with Crippen LogP contribution >= 0.6 is 0 Å². The Labute approximate surface area is 224 Å². The highest BCUT2D eigenvalue weighted by molar-refractivity contribution is 7.90. The predicted octanol–water partition coefficient (Wildman–Crippen LogP) is 5.22. The molecule has 4 rings (SSSR count). The van der Waals surface area contributed by atoms with E-state index in [0.29, 0.717) is 42.5 Å². The van der Waals surface area contributed by atoms with Crippen LogP contribution in [0.15, 0.2) is 90.1 Å². The smallest absolute Gasteiger partial charge is 0.264 e. The van der Waals surface area contributed by atoms with Crippen molar-refractivity contribution in [1.82, 2.24) is 9.71 Å². The van der Waals surface area contributed by atoms with Gasteiger partial charge < -0.3 is 14.4 Å². The maximum absolute atomic E-state index is 13.5. The van der Waals surface area contributed by atoms with Crippen molar-refractivity contribution in [2.75, 3.05) is 18.6 Å². The third-order valence-electron chi connectivity index (χ3n) is 5.69. The van der Waals surface area contributed by atoms with Crippen LogP contribution in [0.4, 0.5) is 20.2 Å². The topological polar surface area (TPSA) is 97.8 Å². The van der Waals surface area contributed by atoms with E-state index in [1.165, 1.54) is 12.1 Å². The van der Waals surface area contributed by atoms with Gasteiger partial charge in [0.25, 0.3) is 15.9 Å². The molecule has 1 aromatic heterocycles. The molecule has 8 nitrogen and oxygen atoms in total. The first kappa shape index (κ1) is 27.5. The first-order valence-electron chi connectivity index (χ1n) is 11.8. The zero-order chi connectivity index (χ0) is 28.0. The van der Waals surface area contributed by atoms with E-state index in [4.69, 9.17) is 9.47 Å². The van der Waals surface area contributed by atoms with Crippen LogP contribution in [-0.4, -0.2) is 33.0 Å². The molecule has 0 unspecified atom stereocenters. The molecule has 1 N–H and O–H groups in total. The molecule has 0 spiro atoms. The third-order valence-corrected chi connectivity index (χ3v) is 7.02. The molecular formula is C28H25F2N3O5S. The maximum atomic E-state index is 13.5. The van der Waals surface area contributed by atoms with E-state index < -0.39 is 32.5 Å². The highest BCUT2D eigenvalue weighted by atomic mass is 32.2. The van der Waals surface area contributed by atoms with E-state index in [1.54, 1.807) is 37.7 Å². The Bertz CT molecular complexity index is 1570. The lowest BCUT2D eigenvalue weighted by Gasteiger charge is -2.26. The number of rotatable bonds is 10. The molecule has 0 radical (unpaired) electrons. The van der Waals surface area contributed by atoms with Crippen LogP contribution in [0, 0.1) is 11.6 Å². The van der Waals surface area contributed by atoms with Gasteiger partial charge in [-0.1, -0.05) is 6.07 Å². The van der Waals surface area contributed by atoms with Gasteiger partial charge in [-0.05, 0) is 73.2 Å². The molecule has 0 saturated carbocycles. The average Bonchev–Trinajstić information content (AvgIpc) is 2.94. The molecule has 39 heavy (non-hydrogen) atoms. The first-order chi connectivity index (χ1) is 18.7. The minimum absolute atomic E-state index is 0.0518. The Hall–Kier alpha value is -4.51. The van der Waals surface area contributed by atoms with Gasteiger partial charge in [0.15, 0.2) is 23.1 Å². The normalized spacial score (nSPS) is 11.1. The van der Waals surface area contributed by atoms with Gasteiger partial charge in [0, 0.05) is 41.9 Å². The summed E-state index contributed by atoms with van der Waals surface area (Å²) in [6.45, 7) is 2.75. The van der Waals surface area contributed by atoms with Crippen molar-refractivity contribution in [3.05, 3.63) is 108 Å². The summed E-state index contributed by atoms with van der Waals surface area (Å²) in [6.07, 6.45) is 3.42. The van der Waals surface area contributed by atoms with E-state index in [-0.39, 0.29) is 5.56 Å². The largest absolute Gasteiger partial charge is 0.493 e. The van der Waals surface area contributed by atoms with Crippen LogP contribution < -0.4 is 19.1 Å². The number of anilines is 2. The molecule has 1 amide bonds. The van der Waals surface area contributed by atoms with Crippen molar-refractivity contribution in [3.8, 4) is 11.5 Å². The molecule has 202 valence electrons. The molecule has 4 aromatic rings.